The van der Waals surface area contributed by atoms with Crippen LogP contribution in [0.1, 0.15) is 24.2 Å². The molecule has 1 aliphatic rings. The van der Waals surface area contributed by atoms with Gasteiger partial charge in [-0.25, -0.2) is 0 Å². The zero-order chi connectivity index (χ0) is 16.8. The van der Waals surface area contributed by atoms with Gasteiger partial charge in [-0.1, -0.05) is 0 Å². The van der Waals surface area contributed by atoms with Crippen LogP contribution in [0.3, 0.4) is 0 Å². The van der Waals surface area contributed by atoms with Crippen LogP contribution in [-0.4, -0.2) is 56.4 Å². The van der Waals surface area contributed by atoms with E-state index in [-0.39, 0.29) is 11.9 Å². The maximum absolute atomic E-state index is 12.6. The van der Waals surface area contributed by atoms with E-state index >= 15 is 0 Å². The highest BCUT2D eigenvalue weighted by Gasteiger charge is 2.26. The number of carbonyl (C=O) groups excluding carboxylic acids is 1. The fourth-order valence-corrected chi connectivity index (χ4v) is 2.94. The minimum absolute atomic E-state index is 0.104. The van der Waals surface area contributed by atoms with Crippen LogP contribution in [0.5, 0.6) is 0 Å². The van der Waals surface area contributed by atoms with Crippen LogP contribution in [0, 0.1) is 6.92 Å². The minimum atomic E-state index is 0.104. The lowest BCUT2D eigenvalue weighted by Gasteiger charge is -2.35. The van der Waals surface area contributed by atoms with Gasteiger partial charge in [0, 0.05) is 44.3 Å². The van der Waals surface area contributed by atoms with Crippen molar-refractivity contribution in [2.75, 3.05) is 19.8 Å². The molecule has 0 N–H and O–H groups in total. The topological polar surface area (TPSA) is 73.1 Å². The Morgan fingerprint density at radius 1 is 1.42 bits per heavy atom. The lowest BCUT2D eigenvalue weighted by Crippen LogP contribution is -2.49. The smallest absolute Gasteiger partial charge is 0.224 e. The van der Waals surface area contributed by atoms with E-state index < -0.39 is 0 Å². The molecule has 24 heavy (non-hydrogen) atoms. The molecular weight excluding hydrogens is 306 g/mol. The third kappa shape index (κ3) is 4.38. The number of amides is 1. The van der Waals surface area contributed by atoms with Crippen molar-refractivity contribution in [2.45, 2.75) is 38.8 Å². The van der Waals surface area contributed by atoms with E-state index in [9.17, 15) is 4.79 Å². The lowest BCUT2D eigenvalue weighted by molar-refractivity contribution is -0.140. The summed E-state index contributed by atoms with van der Waals surface area (Å²) in [6.07, 6.45) is 9.14. The average Bonchev–Trinajstić information content (AvgIpc) is 3.04. The van der Waals surface area contributed by atoms with Crippen molar-refractivity contribution in [3.63, 3.8) is 0 Å². The van der Waals surface area contributed by atoms with Gasteiger partial charge in [-0.05, 0) is 25.8 Å². The molecule has 0 aliphatic carbocycles. The normalized spacial score (nSPS) is 17.9. The minimum Gasteiger partial charge on any atom is -0.377 e. The quantitative estimate of drug-likeness (QED) is 0.797. The maximum atomic E-state index is 12.6. The first-order valence-corrected chi connectivity index (χ1v) is 8.34. The van der Waals surface area contributed by atoms with Gasteiger partial charge in [-0.15, -0.1) is 0 Å². The zero-order valence-electron chi connectivity index (χ0n) is 14.0. The lowest BCUT2D eigenvalue weighted by atomic mass is 10.1. The van der Waals surface area contributed by atoms with Crippen molar-refractivity contribution in [3.05, 3.63) is 42.2 Å². The zero-order valence-corrected chi connectivity index (χ0v) is 14.0. The Bertz CT molecular complexity index is 658. The summed E-state index contributed by atoms with van der Waals surface area (Å²) < 4.78 is 7.39. The summed E-state index contributed by atoms with van der Waals surface area (Å²) in [4.78, 5) is 22.9. The van der Waals surface area contributed by atoms with Crippen molar-refractivity contribution >= 4 is 5.91 Å². The standard InChI is InChI=1S/C17H23N5O2/c1-14-4-8-21(20-14)9-5-17(23)22-10-11-24-13-16(22)3-2-15-12-18-6-7-19-15/h4,6-8,12,16H,2-3,5,9-11,13H2,1H3. The van der Waals surface area contributed by atoms with E-state index in [1.54, 1.807) is 18.6 Å². The molecule has 1 aliphatic heterocycles. The first kappa shape index (κ1) is 16.6. The predicted molar refractivity (Wildman–Crippen MR) is 88.3 cm³/mol. The van der Waals surface area contributed by atoms with Crippen LogP contribution in [0.2, 0.25) is 0 Å². The van der Waals surface area contributed by atoms with Gasteiger partial charge >= 0.3 is 0 Å². The van der Waals surface area contributed by atoms with E-state index in [4.69, 9.17) is 4.74 Å². The molecule has 0 saturated carbocycles. The summed E-state index contributed by atoms with van der Waals surface area (Å²) in [5, 5.41) is 4.33. The second-order valence-electron chi connectivity index (χ2n) is 6.02. The Kier molecular flexibility index (Phi) is 5.53. The number of ether oxygens (including phenoxy) is 1. The summed E-state index contributed by atoms with van der Waals surface area (Å²) in [5.74, 6) is 0.163. The van der Waals surface area contributed by atoms with Gasteiger partial charge in [0.05, 0.1) is 30.6 Å². The van der Waals surface area contributed by atoms with Crippen molar-refractivity contribution in [1.29, 1.82) is 0 Å². The van der Waals surface area contributed by atoms with Gasteiger partial charge in [0.1, 0.15) is 0 Å². The third-order valence-electron chi connectivity index (χ3n) is 4.23. The Morgan fingerprint density at radius 2 is 2.33 bits per heavy atom. The monoisotopic (exact) mass is 329 g/mol. The summed E-state index contributed by atoms with van der Waals surface area (Å²) in [6, 6.07) is 2.05. The van der Waals surface area contributed by atoms with Crippen LogP contribution in [-0.2, 0) is 22.5 Å². The number of morpholine rings is 1. The largest absolute Gasteiger partial charge is 0.377 e. The molecule has 0 aromatic carbocycles. The van der Waals surface area contributed by atoms with Crippen LogP contribution >= 0.6 is 0 Å². The maximum Gasteiger partial charge on any atom is 0.224 e. The second kappa shape index (κ2) is 8.01. The molecule has 2 aromatic heterocycles. The third-order valence-corrected chi connectivity index (χ3v) is 4.23. The molecule has 1 fully saturated rings. The van der Waals surface area contributed by atoms with Crippen LogP contribution in [0.4, 0.5) is 0 Å². The predicted octanol–water partition coefficient (Wildman–Crippen LogP) is 1.23. The van der Waals surface area contributed by atoms with Gasteiger partial charge in [0.2, 0.25) is 5.91 Å². The molecule has 3 heterocycles. The highest BCUT2D eigenvalue weighted by atomic mass is 16.5. The average molecular weight is 329 g/mol. The molecule has 1 unspecified atom stereocenters. The van der Waals surface area contributed by atoms with Crippen LogP contribution < -0.4 is 0 Å². The van der Waals surface area contributed by atoms with Crippen LogP contribution in [0.25, 0.3) is 0 Å². The Balaban J connectivity index is 1.54. The number of carbonyl (C=O) groups is 1. The molecule has 3 rings (SSSR count). The van der Waals surface area contributed by atoms with Gasteiger partial charge in [-0.3, -0.25) is 19.4 Å². The van der Waals surface area contributed by atoms with Crippen molar-refractivity contribution in [2.24, 2.45) is 0 Å². The van der Waals surface area contributed by atoms with E-state index in [0.29, 0.717) is 32.7 Å². The highest BCUT2D eigenvalue weighted by molar-refractivity contribution is 5.76. The van der Waals surface area contributed by atoms with Crippen LogP contribution in [0.15, 0.2) is 30.9 Å². The number of hydrogen-bond acceptors (Lipinski definition) is 5. The van der Waals surface area contributed by atoms with E-state index in [1.807, 2.05) is 28.8 Å². The van der Waals surface area contributed by atoms with Gasteiger partial charge in [0.25, 0.3) is 0 Å². The van der Waals surface area contributed by atoms with E-state index in [2.05, 4.69) is 15.1 Å². The molecule has 128 valence electrons. The number of aromatic nitrogens is 4. The summed E-state index contributed by atoms with van der Waals surface area (Å²) in [5.41, 5.74) is 1.91. The summed E-state index contributed by atoms with van der Waals surface area (Å²) in [6.45, 7) is 4.41. The van der Waals surface area contributed by atoms with Crippen molar-refractivity contribution in [1.82, 2.24) is 24.6 Å². The number of hydrogen-bond donors (Lipinski definition) is 0. The first-order valence-electron chi connectivity index (χ1n) is 8.34. The molecule has 0 spiro atoms. The second-order valence-corrected chi connectivity index (χ2v) is 6.02. The van der Waals surface area contributed by atoms with Gasteiger partial charge in [0.15, 0.2) is 0 Å². The molecule has 7 nitrogen and oxygen atoms in total. The molecule has 1 saturated heterocycles. The van der Waals surface area contributed by atoms with E-state index in [1.165, 1.54) is 0 Å². The molecule has 1 atom stereocenters. The summed E-state index contributed by atoms with van der Waals surface area (Å²) in [7, 11) is 0. The number of rotatable bonds is 6. The molecule has 7 heteroatoms. The molecule has 0 bridgehead atoms. The molecular formula is C17H23N5O2. The molecule has 2 aromatic rings. The first-order chi connectivity index (χ1) is 11.7. The Morgan fingerprint density at radius 3 is 3.08 bits per heavy atom. The Labute approximate surface area is 141 Å². The SMILES string of the molecule is Cc1ccn(CCC(=O)N2CCOCC2CCc2cnccn2)n1. The molecule has 0 radical (unpaired) electrons. The summed E-state index contributed by atoms with van der Waals surface area (Å²) >= 11 is 0. The van der Waals surface area contributed by atoms with Crippen molar-refractivity contribution in [3.8, 4) is 0 Å². The fraction of sp³-hybridized carbons (Fsp3) is 0.529. The number of nitrogens with zero attached hydrogens (tertiary/aromatic N) is 5. The highest BCUT2D eigenvalue weighted by Crippen LogP contribution is 2.15. The van der Waals surface area contributed by atoms with Gasteiger partial charge < -0.3 is 9.64 Å². The van der Waals surface area contributed by atoms with Gasteiger partial charge in [-0.2, -0.15) is 5.10 Å². The number of aryl methyl sites for hydroxylation is 3. The molecule has 1 amide bonds. The fourth-order valence-electron chi connectivity index (χ4n) is 2.94. The van der Waals surface area contributed by atoms with E-state index in [0.717, 1.165) is 24.2 Å². The van der Waals surface area contributed by atoms with Crippen molar-refractivity contribution < 1.29 is 9.53 Å². The Hall–Kier alpha value is -2.28.